The topological polar surface area (TPSA) is 134 Å². The largest absolute Gasteiger partial charge is 0.372 e. The summed E-state index contributed by atoms with van der Waals surface area (Å²) in [6, 6.07) is 19.5. The molecule has 5 aromatic rings. The number of H-pyrrole nitrogens is 1. The van der Waals surface area contributed by atoms with Crippen molar-refractivity contribution in [2.75, 3.05) is 5.32 Å². The van der Waals surface area contributed by atoms with Crippen LogP contribution in [0.3, 0.4) is 0 Å². The lowest BCUT2D eigenvalue weighted by atomic mass is 9.85. The van der Waals surface area contributed by atoms with Gasteiger partial charge in [0.2, 0.25) is 5.95 Å². The highest BCUT2D eigenvalue weighted by molar-refractivity contribution is 5.89. The first-order valence-electron chi connectivity index (χ1n) is 11.4. The number of hydrogen-bond acceptors (Lipinski definition) is 6. The van der Waals surface area contributed by atoms with Crippen molar-refractivity contribution in [2.24, 2.45) is 5.73 Å². The molecule has 35 heavy (non-hydrogen) atoms. The third kappa shape index (κ3) is 3.71. The molecule has 0 bridgehead atoms. The molecule has 0 aliphatic heterocycles. The maximum absolute atomic E-state index is 12.4. The first-order valence-corrected chi connectivity index (χ1v) is 11.4. The Balaban J connectivity index is 1.41. The summed E-state index contributed by atoms with van der Waals surface area (Å²) in [5.41, 5.74) is 7.58. The third-order valence-corrected chi connectivity index (χ3v) is 6.37. The molecule has 0 radical (unpaired) electrons. The average molecular weight is 466 g/mol. The molecule has 174 valence electrons. The second kappa shape index (κ2) is 8.07. The third-order valence-electron chi connectivity index (χ3n) is 6.37. The fourth-order valence-electron chi connectivity index (χ4n) is 4.31. The normalized spacial score (nSPS) is 15.1. The summed E-state index contributed by atoms with van der Waals surface area (Å²) in [6.07, 6.45) is 5.88. The fourth-order valence-corrected chi connectivity index (χ4v) is 4.31. The number of fused-ring (bicyclic) bond motifs is 1. The van der Waals surface area contributed by atoms with Gasteiger partial charge < -0.3 is 16.2 Å². The number of rotatable bonds is 7. The van der Waals surface area contributed by atoms with E-state index in [1.54, 1.807) is 48.7 Å². The second-order valence-electron chi connectivity index (χ2n) is 8.75. The number of imidazole rings is 1. The maximum Gasteiger partial charge on any atom is 0.258 e. The summed E-state index contributed by atoms with van der Waals surface area (Å²) in [7, 11) is 0. The lowest BCUT2D eigenvalue weighted by Gasteiger charge is -2.26. The van der Waals surface area contributed by atoms with Gasteiger partial charge in [-0.1, -0.05) is 48.5 Å². The Morgan fingerprint density at radius 2 is 1.89 bits per heavy atom. The van der Waals surface area contributed by atoms with Gasteiger partial charge in [-0.05, 0) is 30.0 Å². The number of aromatic nitrogens is 5. The van der Waals surface area contributed by atoms with E-state index in [0.29, 0.717) is 45.7 Å². The Hall–Kier alpha value is -4.50. The highest BCUT2D eigenvalue weighted by Gasteiger charge is 2.38. The summed E-state index contributed by atoms with van der Waals surface area (Å²) < 4.78 is 1.84. The Morgan fingerprint density at radius 3 is 2.66 bits per heavy atom. The second-order valence-corrected chi connectivity index (χ2v) is 8.75. The number of aliphatic hydroxyl groups is 1. The molecule has 1 atom stereocenters. The summed E-state index contributed by atoms with van der Waals surface area (Å²) in [5.74, 6) is 0.918. The smallest absolute Gasteiger partial charge is 0.258 e. The van der Waals surface area contributed by atoms with Gasteiger partial charge in [0.05, 0.1) is 5.69 Å². The zero-order chi connectivity index (χ0) is 24.0. The molecular formula is C26H23N7O2. The van der Waals surface area contributed by atoms with E-state index < -0.39 is 11.5 Å². The van der Waals surface area contributed by atoms with E-state index in [-0.39, 0.29) is 0 Å². The Labute approximate surface area is 200 Å². The van der Waals surface area contributed by atoms with E-state index >= 15 is 0 Å². The quantitative estimate of drug-likeness (QED) is 0.291. The van der Waals surface area contributed by atoms with Crippen molar-refractivity contribution in [3.63, 3.8) is 0 Å². The predicted octanol–water partition coefficient (Wildman–Crippen LogP) is 3.46. The van der Waals surface area contributed by atoms with Crippen LogP contribution in [0.15, 0.2) is 79.1 Å². The molecule has 1 fully saturated rings. The first-order chi connectivity index (χ1) is 17.0. The Bertz CT molecular complexity index is 1540. The number of carbonyl (C=O) groups is 1. The zero-order valence-electron chi connectivity index (χ0n) is 18.7. The monoisotopic (exact) mass is 465 g/mol. The number of benzene rings is 2. The molecular weight excluding hydrogens is 442 g/mol. The predicted molar refractivity (Wildman–Crippen MR) is 131 cm³/mol. The number of nitrogens with one attached hydrogen (secondary N) is 2. The number of anilines is 2. The molecule has 1 saturated carbocycles. The van der Waals surface area contributed by atoms with Crippen LogP contribution in [0.1, 0.15) is 35.6 Å². The number of nitrogens with two attached hydrogens (primary N) is 1. The minimum atomic E-state index is -1.98. The zero-order valence-corrected chi connectivity index (χ0v) is 18.7. The molecule has 5 N–H and O–H groups in total. The maximum atomic E-state index is 12.4. The van der Waals surface area contributed by atoms with Gasteiger partial charge in [-0.15, -0.1) is 0 Å². The van der Waals surface area contributed by atoms with Crippen LogP contribution in [0.25, 0.3) is 16.9 Å². The van der Waals surface area contributed by atoms with Crippen LogP contribution in [0, 0.1) is 0 Å². The molecule has 3 aromatic heterocycles. The Morgan fingerprint density at radius 1 is 1.09 bits per heavy atom. The number of nitrogens with zero attached hydrogens (tertiary/aromatic N) is 4. The van der Waals surface area contributed by atoms with Gasteiger partial charge in [-0.25, -0.2) is 9.97 Å². The van der Waals surface area contributed by atoms with Gasteiger partial charge in [0, 0.05) is 41.7 Å². The highest BCUT2D eigenvalue weighted by atomic mass is 16.3. The standard InChI is InChI=1S/C26H23N7O2/c27-24(34)26(35,18-6-2-1-3-7-18)19-8-4-5-17(13-19)20-15-23-28-11-12-33(23)25(29-20)30-22-14-21(31-32-22)16-9-10-16/h1-8,11-16,35H,9-10H2,(H2,27,34)(H2,29,30,31,32). The summed E-state index contributed by atoms with van der Waals surface area (Å²) in [6.45, 7) is 0. The summed E-state index contributed by atoms with van der Waals surface area (Å²) in [4.78, 5) is 21.7. The van der Waals surface area contributed by atoms with E-state index in [0.717, 1.165) is 5.69 Å². The van der Waals surface area contributed by atoms with Gasteiger partial charge in [0.1, 0.15) is 5.65 Å². The van der Waals surface area contributed by atoms with Crippen molar-refractivity contribution in [3.05, 3.63) is 95.9 Å². The van der Waals surface area contributed by atoms with E-state index in [2.05, 4.69) is 20.5 Å². The van der Waals surface area contributed by atoms with E-state index in [1.165, 1.54) is 12.8 Å². The van der Waals surface area contributed by atoms with E-state index in [1.807, 2.05) is 34.9 Å². The summed E-state index contributed by atoms with van der Waals surface area (Å²) >= 11 is 0. The van der Waals surface area contributed by atoms with Gasteiger partial charge in [-0.3, -0.25) is 14.3 Å². The summed E-state index contributed by atoms with van der Waals surface area (Å²) in [5, 5.41) is 22.1. The highest BCUT2D eigenvalue weighted by Crippen LogP contribution is 2.39. The lowest BCUT2D eigenvalue weighted by Crippen LogP contribution is -2.42. The van der Waals surface area contributed by atoms with E-state index in [4.69, 9.17) is 10.7 Å². The van der Waals surface area contributed by atoms with Crippen molar-refractivity contribution in [3.8, 4) is 11.3 Å². The molecule has 0 saturated heterocycles. The number of primary amides is 1. The average Bonchev–Trinajstić information content (AvgIpc) is 3.43. The molecule has 3 heterocycles. The van der Waals surface area contributed by atoms with Gasteiger partial charge in [0.25, 0.3) is 5.91 Å². The molecule has 1 unspecified atom stereocenters. The minimum absolute atomic E-state index is 0.356. The van der Waals surface area contributed by atoms with Crippen LogP contribution in [0.2, 0.25) is 0 Å². The van der Waals surface area contributed by atoms with Gasteiger partial charge in [-0.2, -0.15) is 5.10 Å². The molecule has 6 rings (SSSR count). The number of carbonyl (C=O) groups excluding carboxylic acids is 1. The van der Waals surface area contributed by atoms with Crippen molar-refractivity contribution >= 4 is 23.3 Å². The fraction of sp³-hybridized carbons (Fsp3) is 0.154. The van der Waals surface area contributed by atoms with E-state index in [9.17, 15) is 9.90 Å². The van der Waals surface area contributed by atoms with Crippen LogP contribution in [-0.2, 0) is 10.4 Å². The molecule has 2 aromatic carbocycles. The van der Waals surface area contributed by atoms with Crippen LogP contribution in [0.5, 0.6) is 0 Å². The molecule has 0 spiro atoms. The van der Waals surface area contributed by atoms with Crippen LogP contribution >= 0.6 is 0 Å². The van der Waals surface area contributed by atoms with Crippen molar-refractivity contribution in [2.45, 2.75) is 24.4 Å². The SMILES string of the molecule is NC(=O)C(O)(c1ccccc1)c1cccc(-c2cc3nccn3c(Nc3cc(C4CC4)[nH]n3)n2)c1. The van der Waals surface area contributed by atoms with Crippen LogP contribution in [0.4, 0.5) is 11.8 Å². The van der Waals surface area contributed by atoms with Crippen molar-refractivity contribution < 1.29 is 9.90 Å². The molecule has 1 amide bonds. The lowest BCUT2D eigenvalue weighted by molar-refractivity contribution is -0.133. The van der Waals surface area contributed by atoms with Crippen molar-refractivity contribution in [1.29, 1.82) is 0 Å². The van der Waals surface area contributed by atoms with Crippen LogP contribution in [-0.4, -0.2) is 35.6 Å². The van der Waals surface area contributed by atoms with Gasteiger partial charge >= 0.3 is 0 Å². The number of aromatic amines is 1. The van der Waals surface area contributed by atoms with Crippen molar-refractivity contribution in [1.82, 2.24) is 24.6 Å². The molecule has 9 nitrogen and oxygen atoms in total. The van der Waals surface area contributed by atoms with Gasteiger partial charge in [0.15, 0.2) is 11.4 Å². The minimum Gasteiger partial charge on any atom is -0.372 e. The molecule has 1 aliphatic rings. The molecule has 1 aliphatic carbocycles. The van der Waals surface area contributed by atoms with Crippen LogP contribution < -0.4 is 11.1 Å². The number of amides is 1. The molecule has 9 heteroatoms. The first kappa shape index (κ1) is 21.1. The Kier molecular flexibility index (Phi) is 4.85. The number of hydrogen-bond donors (Lipinski definition) is 4.